The van der Waals surface area contributed by atoms with E-state index in [0.717, 1.165) is 33.3 Å². The molecule has 0 aliphatic rings. The number of hydrogen-bond acceptors (Lipinski definition) is 6. The normalized spacial score (nSPS) is 10.8. The Balaban J connectivity index is 1.54. The van der Waals surface area contributed by atoms with Gasteiger partial charge in [-0.25, -0.2) is 9.67 Å². The van der Waals surface area contributed by atoms with Gasteiger partial charge in [0.2, 0.25) is 11.0 Å². The van der Waals surface area contributed by atoms with Crippen molar-refractivity contribution in [3.63, 3.8) is 0 Å². The molecule has 2 aromatic heterocycles. The van der Waals surface area contributed by atoms with Crippen LogP contribution in [0.1, 0.15) is 17.0 Å². The van der Waals surface area contributed by atoms with E-state index in [1.54, 1.807) is 37.1 Å². The molecular formula is C24H23ClN4O3S. The first-order valence-electron chi connectivity index (χ1n) is 10.2. The van der Waals surface area contributed by atoms with E-state index in [0.29, 0.717) is 22.2 Å². The van der Waals surface area contributed by atoms with Crippen LogP contribution in [0.2, 0.25) is 5.02 Å². The molecule has 0 radical (unpaired) electrons. The van der Waals surface area contributed by atoms with E-state index in [2.05, 4.69) is 10.4 Å². The number of carbonyl (C=O) groups is 1. The Bertz CT molecular complexity index is 1300. The molecule has 1 amide bonds. The number of halogens is 1. The van der Waals surface area contributed by atoms with Crippen LogP contribution in [0.4, 0.5) is 5.69 Å². The Morgan fingerprint density at radius 2 is 1.88 bits per heavy atom. The molecule has 9 heteroatoms. The van der Waals surface area contributed by atoms with Gasteiger partial charge >= 0.3 is 0 Å². The highest BCUT2D eigenvalue weighted by molar-refractivity contribution is 7.12. The van der Waals surface area contributed by atoms with Crippen LogP contribution in [-0.4, -0.2) is 34.9 Å². The molecule has 4 aromatic rings. The molecule has 0 saturated carbocycles. The van der Waals surface area contributed by atoms with Crippen LogP contribution in [0.15, 0.2) is 47.8 Å². The molecule has 0 spiro atoms. The Morgan fingerprint density at radius 1 is 1.12 bits per heavy atom. The second kappa shape index (κ2) is 9.64. The first-order valence-corrected chi connectivity index (χ1v) is 11.4. The highest BCUT2D eigenvalue weighted by Gasteiger charge is 2.19. The van der Waals surface area contributed by atoms with E-state index >= 15 is 0 Å². The SMILES string of the molecule is COc1ccc(NC(=O)Cc2c(C)nn(-c3nc(-c4ccc(Cl)cc4)cs3)c2C)c(OC)c1. The van der Waals surface area contributed by atoms with Crippen molar-refractivity contribution in [1.29, 1.82) is 0 Å². The summed E-state index contributed by atoms with van der Waals surface area (Å²) >= 11 is 7.48. The van der Waals surface area contributed by atoms with Crippen molar-refractivity contribution >= 4 is 34.5 Å². The summed E-state index contributed by atoms with van der Waals surface area (Å²) in [5, 5.41) is 11.0. The van der Waals surface area contributed by atoms with Crippen LogP contribution in [0.3, 0.4) is 0 Å². The second-order valence-electron chi connectivity index (χ2n) is 7.37. The number of benzene rings is 2. The van der Waals surface area contributed by atoms with Crippen LogP contribution in [0.5, 0.6) is 11.5 Å². The van der Waals surface area contributed by atoms with Gasteiger partial charge in [-0.1, -0.05) is 23.7 Å². The molecule has 2 aromatic carbocycles. The summed E-state index contributed by atoms with van der Waals surface area (Å²) in [5.41, 5.74) is 4.94. The molecule has 0 fully saturated rings. The van der Waals surface area contributed by atoms with Crippen LogP contribution >= 0.6 is 22.9 Å². The third-order valence-corrected chi connectivity index (χ3v) is 6.34. The number of amides is 1. The van der Waals surface area contributed by atoms with Gasteiger partial charge < -0.3 is 14.8 Å². The van der Waals surface area contributed by atoms with Gasteiger partial charge in [-0.05, 0) is 38.1 Å². The topological polar surface area (TPSA) is 78.3 Å². The number of thiazole rings is 1. The van der Waals surface area contributed by atoms with Crippen molar-refractivity contribution in [3.8, 4) is 27.9 Å². The molecule has 4 rings (SSSR count). The number of hydrogen-bond donors (Lipinski definition) is 1. The maximum atomic E-state index is 12.8. The molecule has 7 nitrogen and oxygen atoms in total. The average molecular weight is 483 g/mol. The molecular weight excluding hydrogens is 460 g/mol. The van der Waals surface area contributed by atoms with Gasteiger partial charge in [0.25, 0.3) is 0 Å². The molecule has 2 heterocycles. The zero-order valence-corrected chi connectivity index (χ0v) is 20.3. The summed E-state index contributed by atoms with van der Waals surface area (Å²) in [7, 11) is 3.13. The Hall–Kier alpha value is -3.36. The standard InChI is InChI=1S/C24H23ClN4O3S/c1-14-19(12-23(30)26-20-10-9-18(31-3)11-22(20)32-4)15(2)29(28-14)24-27-21(13-33-24)16-5-7-17(25)8-6-16/h5-11,13H,12H2,1-4H3,(H,26,30). The van der Waals surface area contributed by atoms with Gasteiger partial charge in [-0.15, -0.1) is 11.3 Å². The van der Waals surface area contributed by atoms with E-state index < -0.39 is 0 Å². The average Bonchev–Trinajstić information content (AvgIpc) is 3.40. The summed E-state index contributed by atoms with van der Waals surface area (Å²) in [6.07, 6.45) is 0.183. The van der Waals surface area contributed by atoms with E-state index in [4.69, 9.17) is 26.1 Å². The van der Waals surface area contributed by atoms with Gasteiger partial charge in [0.1, 0.15) is 11.5 Å². The lowest BCUT2D eigenvalue weighted by Gasteiger charge is -2.11. The number of aryl methyl sites for hydroxylation is 1. The number of rotatable bonds is 7. The van der Waals surface area contributed by atoms with Gasteiger partial charge in [-0.2, -0.15) is 5.10 Å². The van der Waals surface area contributed by atoms with Crippen molar-refractivity contribution in [1.82, 2.24) is 14.8 Å². The minimum absolute atomic E-state index is 0.162. The monoisotopic (exact) mass is 482 g/mol. The summed E-state index contributed by atoms with van der Waals surface area (Å²) in [6.45, 7) is 3.84. The van der Waals surface area contributed by atoms with Gasteiger partial charge in [0, 0.05) is 33.3 Å². The van der Waals surface area contributed by atoms with Crippen molar-refractivity contribution in [2.75, 3.05) is 19.5 Å². The highest BCUT2D eigenvalue weighted by atomic mass is 35.5. The van der Waals surface area contributed by atoms with E-state index in [9.17, 15) is 4.79 Å². The maximum Gasteiger partial charge on any atom is 0.229 e. The zero-order valence-electron chi connectivity index (χ0n) is 18.7. The Labute approximate surface area is 201 Å². The minimum Gasteiger partial charge on any atom is -0.497 e. The molecule has 170 valence electrons. The number of nitrogens with one attached hydrogen (secondary N) is 1. The zero-order chi connectivity index (χ0) is 23.5. The smallest absolute Gasteiger partial charge is 0.229 e. The molecule has 0 saturated heterocycles. The molecule has 0 aliphatic carbocycles. The molecule has 1 N–H and O–H groups in total. The fourth-order valence-electron chi connectivity index (χ4n) is 3.49. The lowest BCUT2D eigenvalue weighted by molar-refractivity contribution is -0.115. The Morgan fingerprint density at radius 3 is 2.58 bits per heavy atom. The lowest BCUT2D eigenvalue weighted by atomic mass is 10.1. The summed E-state index contributed by atoms with van der Waals surface area (Å²) in [4.78, 5) is 17.5. The molecule has 0 aliphatic heterocycles. The number of anilines is 1. The van der Waals surface area contributed by atoms with Gasteiger partial charge in [0.15, 0.2) is 0 Å². The molecule has 33 heavy (non-hydrogen) atoms. The van der Waals surface area contributed by atoms with Crippen molar-refractivity contribution < 1.29 is 14.3 Å². The van der Waals surface area contributed by atoms with Crippen molar-refractivity contribution in [2.24, 2.45) is 0 Å². The third kappa shape index (κ3) is 4.86. The Kier molecular flexibility index (Phi) is 6.67. The fraction of sp³-hybridized carbons (Fsp3) is 0.208. The summed E-state index contributed by atoms with van der Waals surface area (Å²) in [6, 6.07) is 12.8. The van der Waals surface area contributed by atoms with Crippen LogP contribution in [0, 0.1) is 13.8 Å². The van der Waals surface area contributed by atoms with Crippen molar-refractivity contribution in [3.05, 3.63) is 69.8 Å². The third-order valence-electron chi connectivity index (χ3n) is 5.27. The van der Waals surface area contributed by atoms with Crippen molar-refractivity contribution in [2.45, 2.75) is 20.3 Å². The molecule has 0 bridgehead atoms. The lowest BCUT2D eigenvalue weighted by Crippen LogP contribution is -2.16. The minimum atomic E-state index is -0.162. The predicted molar refractivity (Wildman–Crippen MR) is 131 cm³/mol. The van der Waals surface area contributed by atoms with Gasteiger partial charge in [-0.3, -0.25) is 4.79 Å². The largest absolute Gasteiger partial charge is 0.497 e. The van der Waals surface area contributed by atoms with Crippen LogP contribution in [-0.2, 0) is 11.2 Å². The number of nitrogens with zero attached hydrogens (tertiary/aromatic N) is 3. The highest BCUT2D eigenvalue weighted by Crippen LogP contribution is 2.30. The van der Waals surface area contributed by atoms with Gasteiger partial charge in [0.05, 0.1) is 37.7 Å². The summed E-state index contributed by atoms with van der Waals surface area (Å²) in [5.74, 6) is 1.02. The number of carbonyl (C=O) groups excluding carboxylic acids is 1. The number of ether oxygens (including phenoxy) is 2. The first-order chi connectivity index (χ1) is 15.9. The maximum absolute atomic E-state index is 12.8. The fourth-order valence-corrected chi connectivity index (χ4v) is 4.45. The van der Waals surface area contributed by atoms with Crippen LogP contribution < -0.4 is 14.8 Å². The van der Waals surface area contributed by atoms with E-state index in [1.807, 2.05) is 43.5 Å². The van der Waals surface area contributed by atoms with Crippen LogP contribution in [0.25, 0.3) is 16.4 Å². The summed E-state index contributed by atoms with van der Waals surface area (Å²) < 4.78 is 12.4. The van der Waals surface area contributed by atoms with E-state index in [-0.39, 0.29) is 12.3 Å². The predicted octanol–water partition coefficient (Wildman–Crippen LogP) is 5.46. The second-order valence-corrected chi connectivity index (χ2v) is 8.65. The molecule has 0 atom stereocenters. The van der Waals surface area contributed by atoms with E-state index in [1.165, 1.54) is 11.3 Å². The number of aromatic nitrogens is 3. The quantitative estimate of drug-likeness (QED) is 0.378. The first kappa shape index (κ1) is 22.8. The number of methoxy groups -OCH3 is 2. The molecule has 0 unspecified atom stereocenters.